The van der Waals surface area contributed by atoms with Crippen LogP contribution in [0.5, 0.6) is 0 Å². The summed E-state index contributed by atoms with van der Waals surface area (Å²) in [6, 6.07) is 0. The lowest BCUT2D eigenvalue weighted by molar-refractivity contribution is 0.620. The summed E-state index contributed by atoms with van der Waals surface area (Å²) in [6.45, 7) is 1.76. The summed E-state index contributed by atoms with van der Waals surface area (Å²) in [6.07, 6.45) is 9.12. The van der Waals surface area contributed by atoms with E-state index in [1.165, 1.54) is 6.20 Å². The van der Waals surface area contributed by atoms with Crippen LogP contribution in [0.25, 0.3) is 0 Å². The Hall–Kier alpha value is -1.82. The molecular formula is C11H15ClN6. The van der Waals surface area contributed by atoms with E-state index in [2.05, 4.69) is 24.8 Å². The number of nitrogen functional groups attached to an aromatic ring is 1. The van der Waals surface area contributed by atoms with E-state index in [-0.39, 0.29) is 5.28 Å². The third-order valence-electron chi connectivity index (χ3n) is 2.48. The maximum Gasteiger partial charge on any atom is 0.224 e. The second-order valence-electron chi connectivity index (χ2n) is 3.88. The van der Waals surface area contributed by atoms with Crippen LogP contribution in [0.15, 0.2) is 24.9 Å². The molecule has 3 N–H and O–H groups in total. The van der Waals surface area contributed by atoms with Crippen LogP contribution < -0.4 is 11.1 Å². The van der Waals surface area contributed by atoms with Crippen molar-refractivity contribution in [2.45, 2.75) is 19.4 Å². The van der Waals surface area contributed by atoms with E-state index in [0.29, 0.717) is 11.5 Å². The SMILES string of the molecule is Nc1cnc(Cl)nc1NCCCCn1ccnc1. The number of nitrogens with zero attached hydrogens (tertiary/aromatic N) is 4. The molecule has 7 heteroatoms. The van der Waals surface area contributed by atoms with Gasteiger partial charge in [-0.1, -0.05) is 0 Å². The molecule has 0 aromatic carbocycles. The molecule has 0 atom stereocenters. The number of hydrogen-bond donors (Lipinski definition) is 2. The van der Waals surface area contributed by atoms with Crippen molar-refractivity contribution in [3.8, 4) is 0 Å². The first-order valence-electron chi connectivity index (χ1n) is 5.73. The highest BCUT2D eigenvalue weighted by Gasteiger charge is 2.01. The number of unbranched alkanes of at least 4 members (excludes halogenated alkanes) is 1. The first-order valence-corrected chi connectivity index (χ1v) is 6.11. The van der Waals surface area contributed by atoms with Gasteiger partial charge in [-0.25, -0.2) is 9.97 Å². The lowest BCUT2D eigenvalue weighted by Gasteiger charge is -2.08. The van der Waals surface area contributed by atoms with Gasteiger partial charge in [-0.15, -0.1) is 0 Å². The van der Waals surface area contributed by atoms with Crippen LogP contribution in [-0.2, 0) is 6.54 Å². The highest BCUT2D eigenvalue weighted by atomic mass is 35.5. The van der Waals surface area contributed by atoms with E-state index in [0.717, 1.165) is 25.9 Å². The Morgan fingerprint density at radius 2 is 2.28 bits per heavy atom. The largest absolute Gasteiger partial charge is 0.394 e. The molecule has 18 heavy (non-hydrogen) atoms. The zero-order valence-corrected chi connectivity index (χ0v) is 10.6. The molecule has 2 aromatic rings. The molecule has 96 valence electrons. The van der Waals surface area contributed by atoms with Crippen LogP contribution >= 0.6 is 11.6 Å². The second-order valence-corrected chi connectivity index (χ2v) is 4.22. The van der Waals surface area contributed by atoms with Crippen LogP contribution in [0.2, 0.25) is 5.28 Å². The summed E-state index contributed by atoms with van der Waals surface area (Å²) in [5.74, 6) is 0.595. The van der Waals surface area contributed by atoms with Crippen LogP contribution in [0.3, 0.4) is 0 Å². The van der Waals surface area contributed by atoms with Gasteiger partial charge in [-0.05, 0) is 24.4 Å². The molecular weight excluding hydrogens is 252 g/mol. The molecule has 0 bridgehead atoms. The molecule has 0 radical (unpaired) electrons. The Bertz CT molecular complexity index is 484. The summed E-state index contributed by atoms with van der Waals surface area (Å²) >= 11 is 5.70. The van der Waals surface area contributed by atoms with Crippen molar-refractivity contribution in [2.75, 3.05) is 17.6 Å². The Kier molecular flexibility index (Phi) is 4.35. The lowest BCUT2D eigenvalue weighted by Crippen LogP contribution is -2.08. The van der Waals surface area contributed by atoms with Crippen molar-refractivity contribution in [3.05, 3.63) is 30.2 Å². The van der Waals surface area contributed by atoms with Crippen molar-refractivity contribution in [2.24, 2.45) is 0 Å². The lowest BCUT2D eigenvalue weighted by atomic mass is 10.3. The predicted molar refractivity (Wildman–Crippen MR) is 71.4 cm³/mol. The Labute approximate surface area is 110 Å². The number of nitrogens with two attached hydrogens (primary N) is 1. The normalized spacial score (nSPS) is 10.5. The number of aromatic nitrogens is 4. The van der Waals surface area contributed by atoms with Crippen LogP contribution in [0.4, 0.5) is 11.5 Å². The number of nitrogens with one attached hydrogen (secondary N) is 1. The van der Waals surface area contributed by atoms with Gasteiger partial charge in [0.2, 0.25) is 5.28 Å². The Morgan fingerprint density at radius 1 is 1.39 bits per heavy atom. The van der Waals surface area contributed by atoms with E-state index in [4.69, 9.17) is 17.3 Å². The summed E-state index contributed by atoms with van der Waals surface area (Å²) in [7, 11) is 0. The van der Waals surface area contributed by atoms with Crippen LogP contribution in [0.1, 0.15) is 12.8 Å². The molecule has 0 fully saturated rings. The van der Waals surface area contributed by atoms with E-state index < -0.39 is 0 Å². The van der Waals surface area contributed by atoms with Crippen LogP contribution in [-0.4, -0.2) is 26.1 Å². The van der Waals surface area contributed by atoms with Crippen molar-refractivity contribution < 1.29 is 0 Å². The minimum atomic E-state index is 0.199. The molecule has 0 saturated carbocycles. The smallest absolute Gasteiger partial charge is 0.224 e. The standard InChI is InChI=1S/C11H15ClN6/c12-11-16-7-9(13)10(17-11)15-3-1-2-5-18-6-4-14-8-18/h4,6-8H,1-3,5,13H2,(H,15,16,17). The summed E-state index contributed by atoms with van der Waals surface area (Å²) < 4.78 is 2.05. The van der Waals surface area contributed by atoms with Gasteiger partial charge in [0.1, 0.15) is 0 Å². The molecule has 0 aliphatic heterocycles. The molecule has 0 aliphatic carbocycles. The summed E-state index contributed by atoms with van der Waals surface area (Å²) in [4.78, 5) is 11.8. The minimum Gasteiger partial charge on any atom is -0.394 e. The van der Waals surface area contributed by atoms with Crippen LogP contribution in [0, 0.1) is 0 Å². The molecule has 2 heterocycles. The number of imidazole rings is 1. The summed E-state index contributed by atoms with van der Waals surface area (Å²) in [5, 5.41) is 3.35. The number of rotatable bonds is 6. The molecule has 0 unspecified atom stereocenters. The summed E-state index contributed by atoms with van der Waals surface area (Å²) in [5.41, 5.74) is 6.23. The number of anilines is 2. The predicted octanol–water partition coefficient (Wildman–Crippen LogP) is 1.80. The molecule has 2 rings (SSSR count). The topological polar surface area (TPSA) is 81.6 Å². The van der Waals surface area contributed by atoms with Crippen molar-refractivity contribution >= 4 is 23.1 Å². The molecule has 0 saturated heterocycles. The van der Waals surface area contributed by atoms with Gasteiger partial charge < -0.3 is 15.6 Å². The number of halogens is 1. The van der Waals surface area contributed by atoms with E-state index >= 15 is 0 Å². The third-order valence-corrected chi connectivity index (χ3v) is 2.66. The van der Waals surface area contributed by atoms with E-state index in [1.807, 2.05) is 12.5 Å². The van der Waals surface area contributed by atoms with Gasteiger partial charge in [0.25, 0.3) is 0 Å². The van der Waals surface area contributed by atoms with Gasteiger partial charge in [0.15, 0.2) is 5.82 Å². The maximum absolute atomic E-state index is 5.72. The van der Waals surface area contributed by atoms with E-state index in [9.17, 15) is 0 Å². The highest BCUT2D eigenvalue weighted by molar-refractivity contribution is 6.28. The highest BCUT2D eigenvalue weighted by Crippen LogP contribution is 2.15. The number of hydrogen-bond acceptors (Lipinski definition) is 5. The second kappa shape index (κ2) is 6.20. The van der Waals surface area contributed by atoms with Gasteiger partial charge in [0, 0.05) is 25.5 Å². The fourth-order valence-corrected chi connectivity index (χ4v) is 1.69. The van der Waals surface area contributed by atoms with Gasteiger partial charge in [-0.2, -0.15) is 4.98 Å². The third kappa shape index (κ3) is 3.59. The van der Waals surface area contributed by atoms with Crippen molar-refractivity contribution in [1.82, 2.24) is 19.5 Å². The molecule has 2 aromatic heterocycles. The molecule has 0 aliphatic rings. The first-order chi connectivity index (χ1) is 8.75. The number of aryl methyl sites for hydroxylation is 1. The first kappa shape index (κ1) is 12.6. The zero-order valence-electron chi connectivity index (χ0n) is 9.88. The molecule has 6 nitrogen and oxygen atoms in total. The van der Waals surface area contributed by atoms with Crippen molar-refractivity contribution in [1.29, 1.82) is 0 Å². The Morgan fingerprint density at radius 3 is 3.06 bits per heavy atom. The average molecular weight is 267 g/mol. The van der Waals surface area contributed by atoms with Gasteiger partial charge in [-0.3, -0.25) is 0 Å². The van der Waals surface area contributed by atoms with Crippen molar-refractivity contribution in [3.63, 3.8) is 0 Å². The van der Waals surface area contributed by atoms with Gasteiger partial charge in [0.05, 0.1) is 18.2 Å². The quantitative estimate of drug-likeness (QED) is 0.615. The van der Waals surface area contributed by atoms with Gasteiger partial charge >= 0.3 is 0 Å². The molecule has 0 spiro atoms. The monoisotopic (exact) mass is 266 g/mol. The zero-order chi connectivity index (χ0) is 12.8. The molecule has 0 amide bonds. The van der Waals surface area contributed by atoms with E-state index in [1.54, 1.807) is 6.20 Å². The Balaban J connectivity index is 1.70. The fraction of sp³-hybridized carbons (Fsp3) is 0.364. The minimum absolute atomic E-state index is 0.199. The maximum atomic E-state index is 5.72. The average Bonchev–Trinajstić information content (AvgIpc) is 2.86. The fourth-order valence-electron chi connectivity index (χ4n) is 1.56.